The van der Waals surface area contributed by atoms with E-state index in [-0.39, 0.29) is 32.1 Å². The molecule has 9 nitrogen and oxygen atoms in total. The van der Waals surface area contributed by atoms with E-state index in [1.54, 1.807) is 0 Å². The summed E-state index contributed by atoms with van der Waals surface area (Å²) in [5, 5.41) is 12.6. The maximum absolute atomic E-state index is 12.0. The molecule has 1 amide bonds. The summed E-state index contributed by atoms with van der Waals surface area (Å²) in [6.07, 6.45) is 32.5. The third-order valence-electron chi connectivity index (χ3n) is 7.62. The third-order valence-corrected chi connectivity index (χ3v) is 8.60. The van der Waals surface area contributed by atoms with Crippen LogP contribution in [0.2, 0.25) is 0 Å². The number of nitrogens with one attached hydrogen (secondary N) is 1. The van der Waals surface area contributed by atoms with Gasteiger partial charge in [-0.05, 0) is 38.5 Å². The molecule has 0 aromatic carbocycles. The smallest absolute Gasteiger partial charge is 0.463 e. The monoisotopic (exact) mass is 673 g/mol. The lowest BCUT2D eigenvalue weighted by Crippen LogP contribution is -2.27. The minimum absolute atomic E-state index is 0.0754. The minimum atomic E-state index is -4.41. The van der Waals surface area contributed by atoms with Gasteiger partial charge in [-0.2, -0.15) is 0 Å². The molecular weight excluding hydrogens is 605 g/mol. The normalized spacial score (nSPS) is 13.7. The summed E-state index contributed by atoms with van der Waals surface area (Å²) >= 11 is 0. The second-order valence-electron chi connectivity index (χ2n) is 12.2. The molecule has 0 radical (unpaired) electrons. The molecule has 0 aromatic heterocycles. The van der Waals surface area contributed by atoms with Gasteiger partial charge >= 0.3 is 13.8 Å². The van der Waals surface area contributed by atoms with Gasteiger partial charge in [0.05, 0.1) is 13.2 Å². The first kappa shape index (κ1) is 44.5. The van der Waals surface area contributed by atoms with E-state index < -0.39 is 26.5 Å². The van der Waals surface area contributed by atoms with Crippen LogP contribution in [0, 0.1) is 0 Å². The molecule has 0 spiro atoms. The second kappa shape index (κ2) is 33.4. The summed E-state index contributed by atoms with van der Waals surface area (Å²) in [4.78, 5) is 33.7. The Balaban J connectivity index is 3.65. The topological polar surface area (TPSA) is 131 Å². The van der Waals surface area contributed by atoms with E-state index in [2.05, 4.69) is 43.5 Å². The number of allylic oxidation sites excluding steroid dienone is 4. The predicted octanol–water partition coefficient (Wildman–Crippen LogP) is 9.26. The summed E-state index contributed by atoms with van der Waals surface area (Å²) in [5.41, 5.74) is 0. The predicted molar refractivity (Wildman–Crippen MR) is 188 cm³/mol. The quantitative estimate of drug-likeness (QED) is 0.0267. The number of esters is 1. The van der Waals surface area contributed by atoms with Crippen LogP contribution in [0.5, 0.6) is 0 Å². The lowest BCUT2D eigenvalue weighted by atomic mass is 10.0. The number of phosphoric ester groups is 1. The lowest BCUT2D eigenvalue weighted by molar-refractivity contribution is -0.147. The molecule has 0 rings (SSSR count). The number of ether oxygens (including phenoxy) is 1. The Kier molecular flexibility index (Phi) is 32.3. The number of hydrogen-bond acceptors (Lipinski definition) is 7. The first-order valence-electron chi connectivity index (χ1n) is 18.3. The van der Waals surface area contributed by atoms with Crippen LogP contribution in [0.4, 0.5) is 0 Å². The molecule has 3 N–H and O–H groups in total. The van der Waals surface area contributed by atoms with E-state index in [1.807, 2.05) is 0 Å². The fourth-order valence-electron chi connectivity index (χ4n) is 4.83. The van der Waals surface area contributed by atoms with Crippen LogP contribution in [0.25, 0.3) is 0 Å². The number of carbonyl (C=O) groups excluding carboxylic acids is 2. The summed E-state index contributed by atoms with van der Waals surface area (Å²) in [5.74, 6) is -0.531. The molecule has 10 heteroatoms. The highest BCUT2D eigenvalue weighted by atomic mass is 31.2. The lowest BCUT2D eigenvalue weighted by Gasteiger charge is -2.15. The van der Waals surface area contributed by atoms with E-state index in [1.165, 1.54) is 64.2 Å². The number of rotatable bonds is 34. The fraction of sp³-hybridized carbons (Fsp3) is 0.833. The van der Waals surface area contributed by atoms with Gasteiger partial charge in [0.2, 0.25) is 5.91 Å². The molecule has 0 heterocycles. The average molecular weight is 674 g/mol. The van der Waals surface area contributed by atoms with Gasteiger partial charge in [0, 0.05) is 19.4 Å². The van der Waals surface area contributed by atoms with Crippen molar-refractivity contribution in [2.75, 3.05) is 26.4 Å². The number of unbranched alkanes of at least 4 members (excludes halogenated alkanes) is 17. The van der Waals surface area contributed by atoms with Gasteiger partial charge in [0.15, 0.2) is 0 Å². The van der Waals surface area contributed by atoms with E-state index in [0.717, 1.165) is 70.6 Å². The SMILES string of the molecule is CCC/C=C\C/C=C\CCCCCCCC(=O)NCCOP(=O)(O)OCC(O)COC(=O)CCCCCCCCCCCCCC. The number of aliphatic hydroxyl groups excluding tert-OH is 1. The van der Waals surface area contributed by atoms with E-state index in [4.69, 9.17) is 13.8 Å². The van der Waals surface area contributed by atoms with Crippen LogP contribution < -0.4 is 5.32 Å². The molecule has 0 aromatic rings. The van der Waals surface area contributed by atoms with Gasteiger partial charge in [-0.3, -0.25) is 18.6 Å². The minimum Gasteiger partial charge on any atom is -0.463 e. The highest BCUT2D eigenvalue weighted by Gasteiger charge is 2.23. The second-order valence-corrected chi connectivity index (χ2v) is 13.7. The largest absolute Gasteiger partial charge is 0.472 e. The highest BCUT2D eigenvalue weighted by molar-refractivity contribution is 7.47. The van der Waals surface area contributed by atoms with Crippen molar-refractivity contribution in [1.82, 2.24) is 5.32 Å². The van der Waals surface area contributed by atoms with Gasteiger partial charge < -0.3 is 20.1 Å². The van der Waals surface area contributed by atoms with Crippen molar-refractivity contribution >= 4 is 19.7 Å². The van der Waals surface area contributed by atoms with Crippen molar-refractivity contribution in [3.63, 3.8) is 0 Å². The Morgan fingerprint density at radius 2 is 1.22 bits per heavy atom. The van der Waals surface area contributed by atoms with E-state index in [0.29, 0.717) is 6.42 Å². The van der Waals surface area contributed by atoms with Gasteiger partial charge in [0.25, 0.3) is 0 Å². The summed E-state index contributed by atoms with van der Waals surface area (Å²) < 4.78 is 26.7. The van der Waals surface area contributed by atoms with Crippen molar-refractivity contribution in [3.05, 3.63) is 24.3 Å². The summed E-state index contributed by atoms with van der Waals surface area (Å²) in [6.45, 7) is 3.45. The van der Waals surface area contributed by atoms with Crippen LogP contribution in [0.15, 0.2) is 24.3 Å². The standard InChI is InChI=1S/C36H68NO8P/c1-3-5-7-9-11-13-15-17-18-20-22-24-26-28-35(39)37-30-31-44-46(41,42)45-33-34(38)32-43-36(40)29-27-25-23-21-19-16-14-12-10-8-6-4-2/h7,9,13,15,34,38H,3-6,8,10-12,14,16-33H2,1-2H3,(H,37,39)(H,41,42)/b9-7-,15-13-. The first-order chi connectivity index (χ1) is 22.3. The highest BCUT2D eigenvalue weighted by Crippen LogP contribution is 2.42. The summed E-state index contributed by atoms with van der Waals surface area (Å²) in [6, 6.07) is 0. The molecule has 2 atom stereocenters. The maximum atomic E-state index is 12.0. The Labute approximate surface area is 280 Å². The first-order valence-corrected chi connectivity index (χ1v) is 19.8. The zero-order chi connectivity index (χ0) is 34.0. The van der Waals surface area contributed by atoms with Crippen molar-refractivity contribution in [2.24, 2.45) is 0 Å². The van der Waals surface area contributed by atoms with Gasteiger partial charge in [-0.15, -0.1) is 0 Å². The molecule has 2 unspecified atom stereocenters. The zero-order valence-corrected chi connectivity index (χ0v) is 30.2. The molecule has 0 aliphatic rings. The Bertz CT molecular complexity index is 820. The molecule has 0 saturated carbocycles. The zero-order valence-electron chi connectivity index (χ0n) is 29.3. The average Bonchev–Trinajstić information content (AvgIpc) is 3.04. The number of amides is 1. The molecule has 0 aliphatic carbocycles. The van der Waals surface area contributed by atoms with Crippen molar-refractivity contribution < 1.29 is 37.9 Å². The molecule has 0 saturated heterocycles. The molecule has 270 valence electrons. The van der Waals surface area contributed by atoms with Crippen molar-refractivity contribution in [3.8, 4) is 0 Å². The van der Waals surface area contributed by atoms with Crippen LogP contribution in [-0.2, 0) is 27.9 Å². The third kappa shape index (κ3) is 33.8. The Morgan fingerprint density at radius 1 is 0.674 bits per heavy atom. The van der Waals surface area contributed by atoms with Gasteiger partial charge in [0.1, 0.15) is 12.7 Å². The van der Waals surface area contributed by atoms with Crippen molar-refractivity contribution in [1.29, 1.82) is 0 Å². The molecule has 0 aliphatic heterocycles. The maximum Gasteiger partial charge on any atom is 0.472 e. The number of carbonyl (C=O) groups is 2. The van der Waals surface area contributed by atoms with Crippen LogP contribution in [0.3, 0.4) is 0 Å². The van der Waals surface area contributed by atoms with E-state index >= 15 is 0 Å². The number of aliphatic hydroxyl groups is 1. The van der Waals surface area contributed by atoms with Crippen LogP contribution in [-0.4, -0.2) is 54.3 Å². The van der Waals surface area contributed by atoms with Gasteiger partial charge in [-0.1, -0.05) is 134 Å². The van der Waals surface area contributed by atoms with Crippen molar-refractivity contribution in [2.45, 2.75) is 168 Å². The molecular formula is C36H68NO8P. The number of hydrogen-bond donors (Lipinski definition) is 3. The molecule has 0 bridgehead atoms. The Hall–Kier alpha value is -1.51. The molecule has 46 heavy (non-hydrogen) atoms. The van der Waals surface area contributed by atoms with Gasteiger partial charge in [-0.25, -0.2) is 4.57 Å². The van der Waals surface area contributed by atoms with Crippen LogP contribution in [0.1, 0.15) is 162 Å². The molecule has 0 fully saturated rings. The fourth-order valence-corrected chi connectivity index (χ4v) is 5.59. The Morgan fingerprint density at radius 3 is 1.83 bits per heavy atom. The summed E-state index contributed by atoms with van der Waals surface area (Å²) in [7, 11) is -4.41. The van der Waals surface area contributed by atoms with Crippen LogP contribution >= 0.6 is 7.82 Å². The van der Waals surface area contributed by atoms with E-state index in [9.17, 15) is 24.2 Å². The number of phosphoric acid groups is 1.